The van der Waals surface area contributed by atoms with Gasteiger partial charge in [-0.2, -0.15) is 33.7 Å². The third-order valence-corrected chi connectivity index (χ3v) is 3.21. The van der Waals surface area contributed by atoms with Crippen LogP contribution in [0.4, 0.5) is 0 Å². The van der Waals surface area contributed by atoms with Crippen LogP contribution in [0.1, 0.15) is 14.8 Å². The molecule has 0 aliphatic heterocycles. The Hall–Kier alpha value is 1.61. The molecule has 0 atom stereocenters. The Kier molecular flexibility index (Phi) is 7.36. The SMILES string of the molecule is CCC(S)(S)CS(=O)(=O)O.[H-].[Na+]. The predicted octanol–water partition coefficient (Wildman–Crippen LogP) is -2.04. The van der Waals surface area contributed by atoms with Crippen LogP contribution in [0.25, 0.3) is 0 Å². The third-order valence-electron chi connectivity index (χ3n) is 0.980. The molecule has 0 saturated carbocycles. The molecule has 0 aromatic heterocycles. The van der Waals surface area contributed by atoms with E-state index < -0.39 is 20.0 Å². The molecule has 0 aliphatic carbocycles. The van der Waals surface area contributed by atoms with Gasteiger partial charge in [0.15, 0.2) is 0 Å². The van der Waals surface area contributed by atoms with Crippen molar-refractivity contribution in [3.63, 3.8) is 0 Å². The Labute approximate surface area is 102 Å². The van der Waals surface area contributed by atoms with Crippen LogP contribution in [0.3, 0.4) is 0 Å². The summed E-state index contributed by atoms with van der Waals surface area (Å²) in [6.07, 6.45) is 0.471. The maximum Gasteiger partial charge on any atom is 1.00 e. The largest absolute Gasteiger partial charge is 1.00 e. The standard InChI is InChI=1S/C4H10O3S3.Na.H/c1-2-4(8,9)3-10(5,6)7;;/h8-9H,2-3H2,1H3,(H,5,6,7);;/q;+1;-1. The van der Waals surface area contributed by atoms with Gasteiger partial charge in [0.1, 0.15) is 0 Å². The maximum absolute atomic E-state index is 10.3. The van der Waals surface area contributed by atoms with E-state index in [1.165, 1.54) is 0 Å². The van der Waals surface area contributed by atoms with Crippen molar-refractivity contribution < 1.29 is 44.0 Å². The van der Waals surface area contributed by atoms with Crippen LogP contribution in [0.5, 0.6) is 0 Å². The van der Waals surface area contributed by atoms with Gasteiger partial charge in [-0.15, -0.1) is 0 Å². The number of rotatable bonds is 3. The van der Waals surface area contributed by atoms with Gasteiger partial charge in [0, 0.05) is 0 Å². The van der Waals surface area contributed by atoms with Crippen LogP contribution in [0.15, 0.2) is 0 Å². The molecule has 11 heavy (non-hydrogen) atoms. The molecular weight excluding hydrogens is 215 g/mol. The van der Waals surface area contributed by atoms with Crippen molar-refractivity contribution in [1.29, 1.82) is 0 Å². The van der Waals surface area contributed by atoms with E-state index in [0.717, 1.165) is 0 Å². The smallest absolute Gasteiger partial charge is 1.00 e. The van der Waals surface area contributed by atoms with Crippen molar-refractivity contribution in [1.82, 2.24) is 0 Å². The van der Waals surface area contributed by atoms with Crippen molar-refractivity contribution >= 4 is 35.4 Å². The first kappa shape index (κ1) is 15.1. The number of hydrogen-bond donors (Lipinski definition) is 3. The van der Waals surface area contributed by atoms with Gasteiger partial charge in [-0.25, -0.2) is 0 Å². The zero-order chi connectivity index (χ0) is 8.41. The number of hydrogen-bond acceptors (Lipinski definition) is 4. The van der Waals surface area contributed by atoms with Gasteiger partial charge in [-0.1, -0.05) is 6.92 Å². The molecule has 0 rings (SSSR count). The molecule has 0 aromatic carbocycles. The molecule has 0 fully saturated rings. The molecule has 0 bridgehead atoms. The van der Waals surface area contributed by atoms with E-state index in [4.69, 9.17) is 4.55 Å². The second-order valence-electron chi connectivity index (χ2n) is 2.06. The van der Waals surface area contributed by atoms with Crippen LogP contribution in [-0.4, -0.2) is 22.8 Å². The quantitative estimate of drug-likeness (QED) is 0.225. The van der Waals surface area contributed by atoms with Gasteiger partial charge >= 0.3 is 29.6 Å². The van der Waals surface area contributed by atoms with Gasteiger partial charge < -0.3 is 1.43 Å². The summed E-state index contributed by atoms with van der Waals surface area (Å²) >= 11 is 7.81. The minimum atomic E-state index is -3.95. The predicted molar refractivity (Wildman–Crippen MR) is 48.5 cm³/mol. The van der Waals surface area contributed by atoms with Crippen LogP contribution in [0.2, 0.25) is 0 Å². The molecule has 0 saturated heterocycles. The molecule has 0 unspecified atom stereocenters. The Morgan fingerprint density at radius 2 is 1.91 bits per heavy atom. The molecule has 7 heteroatoms. The van der Waals surface area contributed by atoms with Crippen LogP contribution >= 0.6 is 25.3 Å². The van der Waals surface area contributed by atoms with Crippen molar-refractivity contribution in [2.45, 2.75) is 17.4 Å². The van der Waals surface area contributed by atoms with Crippen molar-refractivity contribution in [2.24, 2.45) is 0 Å². The summed E-state index contributed by atoms with van der Waals surface area (Å²) in [6, 6.07) is 0. The van der Waals surface area contributed by atoms with E-state index in [1.807, 2.05) is 0 Å². The van der Waals surface area contributed by atoms with Gasteiger partial charge in [0.2, 0.25) is 0 Å². The summed E-state index contributed by atoms with van der Waals surface area (Å²) in [5.41, 5.74) is 0. The van der Waals surface area contributed by atoms with Gasteiger partial charge in [-0.3, -0.25) is 4.55 Å². The first-order chi connectivity index (χ1) is 4.27. The molecule has 64 valence electrons. The topological polar surface area (TPSA) is 54.4 Å². The van der Waals surface area contributed by atoms with Gasteiger partial charge in [-0.05, 0) is 6.42 Å². The van der Waals surface area contributed by atoms with Crippen LogP contribution in [-0.2, 0) is 10.1 Å². The zero-order valence-electron chi connectivity index (χ0n) is 7.48. The fraction of sp³-hybridized carbons (Fsp3) is 1.00. The number of thiol groups is 2. The first-order valence-corrected chi connectivity index (χ1v) is 5.17. The molecular formula is C4H11NaO3S3. The average molecular weight is 226 g/mol. The van der Waals surface area contributed by atoms with Gasteiger partial charge in [0.25, 0.3) is 10.1 Å². The summed E-state index contributed by atoms with van der Waals surface area (Å²) in [5.74, 6) is -0.428. The fourth-order valence-corrected chi connectivity index (χ4v) is 2.16. The van der Waals surface area contributed by atoms with E-state index in [0.29, 0.717) is 6.42 Å². The molecule has 0 spiro atoms. The van der Waals surface area contributed by atoms with E-state index in [2.05, 4.69) is 25.3 Å². The minimum Gasteiger partial charge on any atom is -1.00 e. The molecule has 3 nitrogen and oxygen atoms in total. The van der Waals surface area contributed by atoms with E-state index >= 15 is 0 Å². The molecule has 0 aromatic rings. The first-order valence-electron chi connectivity index (χ1n) is 2.67. The third kappa shape index (κ3) is 9.52. The zero-order valence-corrected chi connectivity index (χ0v) is 11.1. The monoisotopic (exact) mass is 226 g/mol. The van der Waals surface area contributed by atoms with Crippen molar-refractivity contribution in [3.8, 4) is 0 Å². The molecule has 0 heterocycles. The molecule has 1 N–H and O–H groups in total. The molecule has 0 aliphatic rings. The van der Waals surface area contributed by atoms with E-state index in [-0.39, 0.29) is 31.0 Å². The van der Waals surface area contributed by atoms with Crippen molar-refractivity contribution in [3.05, 3.63) is 0 Å². The maximum atomic E-state index is 10.3. The molecule has 0 amide bonds. The summed E-state index contributed by atoms with van der Waals surface area (Å²) in [5, 5.41) is 0. The van der Waals surface area contributed by atoms with Crippen LogP contribution in [0, 0.1) is 0 Å². The fourth-order valence-electron chi connectivity index (χ4n) is 0.394. The van der Waals surface area contributed by atoms with Crippen molar-refractivity contribution in [2.75, 3.05) is 5.75 Å². The van der Waals surface area contributed by atoms with Crippen LogP contribution < -0.4 is 29.6 Å². The van der Waals surface area contributed by atoms with E-state index in [9.17, 15) is 8.42 Å². The second kappa shape index (κ2) is 5.36. The Morgan fingerprint density at radius 1 is 1.55 bits per heavy atom. The molecule has 0 radical (unpaired) electrons. The normalized spacial score (nSPS) is 12.4. The Bertz CT molecular complexity index is 204. The van der Waals surface area contributed by atoms with Gasteiger partial charge in [0.05, 0.1) is 9.83 Å². The Morgan fingerprint density at radius 3 is 2.00 bits per heavy atom. The second-order valence-corrected chi connectivity index (χ2v) is 5.58. The minimum absolute atomic E-state index is 0. The summed E-state index contributed by atoms with van der Waals surface area (Å²) in [4.78, 5) is 0. The Balaban J connectivity index is -0.000000405. The average Bonchev–Trinajstić information content (AvgIpc) is 1.60. The summed E-state index contributed by atoms with van der Waals surface area (Å²) in [6.45, 7) is 1.74. The van der Waals surface area contributed by atoms with E-state index in [1.54, 1.807) is 6.92 Å². The summed E-state index contributed by atoms with van der Waals surface area (Å²) in [7, 11) is -3.95. The summed E-state index contributed by atoms with van der Waals surface area (Å²) < 4.78 is 28.0.